The minimum Gasteiger partial charge on any atom is -0.507 e. The number of aliphatic hydroxyl groups is 1. The molecule has 3 saturated heterocycles. The quantitative estimate of drug-likeness (QED) is 0.0915. The Hall–Kier alpha value is -7.10. The summed E-state index contributed by atoms with van der Waals surface area (Å²) in [6.07, 6.45) is 12.8. The number of nitrogens with zero attached hydrogens (tertiary/aromatic N) is 8. The summed E-state index contributed by atoms with van der Waals surface area (Å²) in [5, 5.41) is 39.8. The van der Waals surface area contributed by atoms with Crippen LogP contribution in [0.4, 0.5) is 10.7 Å². The largest absolute Gasteiger partial charge is 0.507 e. The standard InChI is InChI=1S/C54H66N12O6/c1-7-34-12-14-35(15-13-34)32(2)58-50(70)44-26-39(67)31-66(44)51(71)48(54(4,5)28-46(69)55-6)60-53(72)64-23-18-38(19-24-64)63-21-16-36(17-22-63)37-29-56-52(57-30-37)65-25-20-42-47(33(65)3)41-27-43(61-62-49(41)59-42)40-10-8-9-11-45(40)68/h1,8-15,27,29-30,32-33,36,38-39,44,48,67-68H,16-26,28,31H2,2-6H3,(H,55,69)(H,58,70)(H,59,62)(H,60,72)/t32-,33+,39+,44-,48+/m0/s1. The van der Waals surface area contributed by atoms with Crippen LogP contribution >= 0.6 is 0 Å². The number of anilines is 1. The molecule has 0 spiro atoms. The lowest BCUT2D eigenvalue weighted by atomic mass is 9.80. The summed E-state index contributed by atoms with van der Waals surface area (Å²) >= 11 is 0. The molecule has 72 heavy (non-hydrogen) atoms. The van der Waals surface area contributed by atoms with Crippen molar-refractivity contribution in [2.75, 3.05) is 51.2 Å². The van der Waals surface area contributed by atoms with Crippen LogP contribution in [0.1, 0.15) is 112 Å². The van der Waals surface area contributed by atoms with E-state index in [0.29, 0.717) is 47.8 Å². The number of phenolic OH excluding ortho intramolecular Hbond substituents is 1. The summed E-state index contributed by atoms with van der Waals surface area (Å²) in [6, 6.07) is 13.7. The molecule has 0 unspecified atom stereocenters. The van der Waals surface area contributed by atoms with Gasteiger partial charge in [0.2, 0.25) is 23.7 Å². The number of carbonyl (C=O) groups excluding carboxylic acids is 4. The summed E-state index contributed by atoms with van der Waals surface area (Å²) < 4.78 is 0. The molecule has 18 nitrogen and oxygen atoms in total. The number of phenols is 1. The molecule has 6 N–H and O–H groups in total. The van der Waals surface area contributed by atoms with E-state index in [1.54, 1.807) is 43.0 Å². The van der Waals surface area contributed by atoms with Crippen LogP contribution in [0.3, 0.4) is 0 Å². The maximum Gasteiger partial charge on any atom is 0.318 e. The van der Waals surface area contributed by atoms with Crippen LogP contribution < -0.4 is 20.9 Å². The topological polar surface area (TPSA) is 225 Å². The summed E-state index contributed by atoms with van der Waals surface area (Å²) in [6.45, 7) is 11.0. The maximum atomic E-state index is 14.6. The number of urea groups is 1. The van der Waals surface area contributed by atoms with Gasteiger partial charge in [-0.25, -0.2) is 14.8 Å². The predicted octanol–water partition coefficient (Wildman–Crippen LogP) is 4.95. The molecule has 5 amide bonds. The number of piperidine rings is 2. The number of hydrogen-bond donors (Lipinski definition) is 6. The molecular weight excluding hydrogens is 913 g/mol. The first-order chi connectivity index (χ1) is 34.6. The molecule has 0 saturated carbocycles. The fraction of sp³-hybridized carbons (Fsp3) is 0.481. The fourth-order valence-corrected chi connectivity index (χ4v) is 11.3. The highest BCUT2D eigenvalue weighted by molar-refractivity contribution is 5.94. The van der Waals surface area contributed by atoms with E-state index in [-0.39, 0.29) is 37.1 Å². The van der Waals surface area contributed by atoms with Crippen LogP contribution in [0.15, 0.2) is 67.0 Å². The van der Waals surface area contributed by atoms with Crippen LogP contribution in [0.5, 0.6) is 5.75 Å². The average molecular weight is 979 g/mol. The van der Waals surface area contributed by atoms with E-state index >= 15 is 0 Å². The Kier molecular flexibility index (Phi) is 14.5. The van der Waals surface area contributed by atoms with Gasteiger partial charge < -0.3 is 50.7 Å². The van der Waals surface area contributed by atoms with Gasteiger partial charge in [-0.3, -0.25) is 14.4 Å². The lowest BCUT2D eigenvalue weighted by Gasteiger charge is -2.43. The Bertz CT molecular complexity index is 2830. The molecular formula is C54H66N12O6. The molecule has 4 aliphatic rings. The van der Waals surface area contributed by atoms with Crippen molar-refractivity contribution in [2.24, 2.45) is 5.41 Å². The molecule has 3 aromatic heterocycles. The van der Waals surface area contributed by atoms with E-state index in [4.69, 9.17) is 16.4 Å². The lowest BCUT2D eigenvalue weighted by Crippen LogP contribution is -2.61. The van der Waals surface area contributed by atoms with Crippen molar-refractivity contribution in [2.45, 2.75) is 115 Å². The van der Waals surface area contributed by atoms with Crippen LogP contribution in [0.2, 0.25) is 0 Å². The number of aromatic hydroxyl groups is 1. The number of para-hydroxylation sites is 1. The third-order valence-corrected chi connectivity index (χ3v) is 15.5. The van der Waals surface area contributed by atoms with Gasteiger partial charge in [0.1, 0.15) is 17.8 Å². The highest BCUT2D eigenvalue weighted by Gasteiger charge is 2.47. The average Bonchev–Trinajstić information content (AvgIpc) is 3.98. The first-order valence-corrected chi connectivity index (χ1v) is 25.2. The lowest BCUT2D eigenvalue weighted by molar-refractivity contribution is -0.143. The zero-order valence-corrected chi connectivity index (χ0v) is 41.8. The van der Waals surface area contributed by atoms with Crippen LogP contribution in [-0.2, 0) is 20.8 Å². The van der Waals surface area contributed by atoms with E-state index in [1.165, 1.54) is 11.9 Å². The Morgan fingerprint density at radius 2 is 1.65 bits per heavy atom. The van der Waals surface area contributed by atoms with E-state index in [0.717, 1.165) is 85.2 Å². The number of carbonyl (C=O) groups is 4. The van der Waals surface area contributed by atoms with Crippen LogP contribution in [0, 0.1) is 17.8 Å². The molecule has 4 aliphatic heterocycles. The molecule has 0 aliphatic carbocycles. The zero-order valence-electron chi connectivity index (χ0n) is 41.8. The number of H-pyrrole nitrogens is 1. The van der Waals surface area contributed by atoms with Gasteiger partial charge in [0.25, 0.3) is 0 Å². The van der Waals surface area contributed by atoms with Gasteiger partial charge in [-0.05, 0) is 100.0 Å². The number of hydrogen-bond acceptors (Lipinski definition) is 12. The second-order valence-electron chi connectivity index (χ2n) is 20.6. The van der Waals surface area contributed by atoms with E-state index < -0.39 is 47.5 Å². The van der Waals surface area contributed by atoms with Gasteiger partial charge in [0.05, 0.1) is 23.9 Å². The Morgan fingerprint density at radius 3 is 2.33 bits per heavy atom. The number of amides is 5. The van der Waals surface area contributed by atoms with Gasteiger partial charge in [-0.15, -0.1) is 16.6 Å². The van der Waals surface area contributed by atoms with Gasteiger partial charge >= 0.3 is 6.03 Å². The van der Waals surface area contributed by atoms with E-state index in [2.05, 4.69) is 53.8 Å². The summed E-state index contributed by atoms with van der Waals surface area (Å²) in [7, 11) is 1.52. The number of terminal acetylenes is 1. The SMILES string of the molecule is C#Cc1ccc([C@H](C)NC(=O)[C@@H]2C[C@@H](O)CN2C(=O)[C@@H](NC(=O)N2CCC(N3CCC(c4cnc(N5CCc6[nH]c7nnc(-c8ccccc8O)cc7c6[C@H]5C)nc4)CC3)CC2)C(C)(C)CC(=O)NC)cc1. The molecule has 5 atom stereocenters. The molecule has 9 rings (SSSR count). The zero-order chi connectivity index (χ0) is 50.8. The number of aromatic amines is 1. The number of fused-ring (bicyclic) bond motifs is 3. The number of likely N-dealkylation sites (tertiary alicyclic amines) is 3. The number of β-amino-alcohol motifs (C(OH)–C–C–N with tert-alkyl or cyclic N) is 1. The van der Waals surface area contributed by atoms with Crippen molar-refractivity contribution in [1.29, 1.82) is 0 Å². The van der Waals surface area contributed by atoms with Gasteiger partial charge in [-0.2, -0.15) is 0 Å². The first-order valence-electron chi connectivity index (χ1n) is 25.2. The Morgan fingerprint density at radius 1 is 0.944 bits per heavy atom. The first kappa shape index (κ1) is 49.9. The Labute approximate surface area is 420 Å². The van der Waals surface area contributed by atoms with Crippen molar-refractivity contribution >= 4 is 40.7 Å². The van der Waals surface area contributed by atoms with Crippen molar-refractivity contribution in [1.82, 2.24) is 55.8 Å². The van der Waals surface area contributed by atoms with Gasteiger partial charge in [0.15, 0.2) is 5.65 Å². The molecule has 378 valence electrons. The normalized spacial score (nSPS) is 20.9. The van der Waals surface area contributed by atoms with Crippen molar-refractivity contribution in [3.8, 4) is 29.4 Å². The maximum absolute atomic E-state index is 14.6. The Balaban J connectivity index is 0.789. The minimum absolute atomic E-state index is 0.0160. The minimum atomic E-state index is -1.16. The number of rotatable bonds is 12. The summed E-state index contributed by atoms with van der Waals surface area (Å²) in [4.78, 5) is 76.4. The number of aliphatic hydroxyl groups excluding tert-OH is 1. The van der Waals surface area contributed by atoms with Gasteiger partial charge in [0, 0.05) is 104 Å². The number of nitrogens with one attached hydrogen (secondary N) is 4. The van der Waals surface area contributed by atoms with Crippen molar-refractivity contribution in [3.05, 3.63) is 94.9 Å². The second-order valence-corrected chi connectivity index (χ2v) is 20.6. The number of benzene rings is 2. The molecule has 3 fully saturated rings. The third-order valence-electron chi connectivity index (χ3n) is 15.5. The van der Waals surface area contributed by atoms with E-state index in [9.17, 15) is 29.4 Å². The predicted molar refractivity (Wildman–Crippen MR) is 272 cm³/mol. The summed E-state index contributed by atoms with van der Waals surface area (Å²) in [5.41, 5.74) is 5.86. The smallest absolute Gasteiger partial charge is 0.318 e. The fourth-order valence-electron chi connectivity index (χ4n) is 11.3. The number of aromatic nitrogens is 5. The monoisotopic (exact) mass is 979 g/mol. The van der Waals surface area contributed by atoms with Crippen LogP contribution in [-0.4, -0.2) is 144 Å². The highest BCUT2D eigenvalue weighted by Crippen LogP contribution is 2.39. The second kappa shape index (κ2) is 20.9. The molecule has 2 aromatic carbocycles. The molecule has 0 radical (unpaired) electrons. The molecule has 5 aromatic rings. The molecule has 18 heteroatoms. The van der Waals surface area contributed by atoms with Gasteiger partial charge in [-0.1, -0.05) is 44.0 Å². The van der Waals surface area contributed by atoms with Crippen LogP contribution in [0.25, 0.3) is 22.3 Å². The van der Waals surface area contributed by atoms with E-state index in [1.807, 2.05) is 49.6 Å². The van der Waals surface area contributed by atoms with Crippen molar-refractivity contribution < 1.29 is 29.4 Å². The van der Waals surface area contributed by atoms with Crippen molar-refractivity contribution in [3.63, 3.8) is 0 Å². The highest BCUT2D eigenvalue weighted by atomic mass is 16.3. The molecule has 7 heterocycles. The summed E-state index contributed by atoms with van der Waals surface area (Å²) in [5.74, 6) is 2.51. The third kappa shape index (κ3) is 10.3. The molecule has 0 bridgehead atoms.